The summed E-state index contributed by atoms with van der Waals surface area (Å²) in [5.41, 5.74) is 0.115. The smallest absolute Gasteiger partial charge is 0.325 e. The normalized spacial score (nSPS) is 26.8. The second-order valence-electron chi connectivity index (χ2n) is 17.5. The first-order valence-corrected chi connectivity index (χ1v) is 21.2. The van der Waals surface area contributed by atoms with E-state index >= 15 is 0 Å². The van der Waals surface area contributed by atoms with Gasteiger partial charge in [0.05, 0.1) is 12.1 Å². The van der Waals surface area contributed by atoms with Crippen molar-refractivity contribution in [1.29, 1.82) is 0 Å². The van der Waals surface area contributed by atoms with E-state index in [1.54, 1.807) is 6.07 Å². The van der Waals surface area contributed by atoms with E-state index in [1.807, 2.05) is 28.0 Å². The van der Waals surface area contributed by atoms with Crippen LogP contribution in [0.15, 0.2) is 24.3 Å². The molecule has 0 radical (unpaired) electrons. The Morgan fingerprint density at radius 3 is 2.14 bits per heavy atom. The summed E-state index contributed by atoms with van der Waals surface area (Å²) >= 11 is 0. The molecule has 4 heterocycles. The summed E-state index contributed by atoms with van der Waals surface area (Å²) in [6.45, 7) is 3.61. The van der Waals surface area contributed by atoms with Crippen LogP contribution in [0.5, 0.6) is 5.75 Å². The van der Waals surface area contributed by atoms with Crippen molar-refractivity contribution in [3.63, 3.8) is 0 Å². The maximum Gasteiger partial charge on any atom is 0.325 e. The molecule has 11 nitrogen and oxygen atoms in total. The molecule has 0 spiro atoms. The Kier molecular flexibility index (Phi) is 12.0. The first-order chi connectivity index (χ1) is 28.3. The van der Waals surface area contributed by atoms with E-state index in [-0.39, 0.29) is 35.5 Å². The number of esters is 1. The molecular weight excluding hydrogens is 777 g/mol. The van der Waals surface area contributed by atoms with Crippen molar-refractivity contribution in [2.75, 3.05) is 52.4 Å². The number of amides is 3. The molecule has 2 saturated carbocycles. The SMILES string of the molecule is O=C(CNC12CCC(CN3CCN(C(=O)[C@H](NC(=O)c4cccc(C5CCCN(C(=O)C6CC6)C5)c4)C4CCCCC4)CC3)(CC1)O2)Oc1c(F)c(F)c(F)c(F)c1F. The number of fused-ring (bicyclic) bond motifs is 2. The van der Waals surface area contributed by atoms with Gasteiger partial charge in [-0.05, 0) is 87.8 Å². The van der Waals surface area contributed by atoms with Crippen LogP contribution in [0, 0.1) is 40.9 Å². The van der Waals surface area contributed by atoms with Gasteiger partial charge in [0.25, 0.3) is 5.91 Å². The Hall–Kier alpha value is -4.15. The van der Waals surface area contributed by atoms with Gasteiger partial charge in [0, 0.05) is 63.2 Å². The molecule has 16 heteroatoms. The number of hydrogen-bond acceptors (Lipinski definition) is 8. The molecule has 4 saturated heterocycles. The predicted octanol–water partition coefficient (Wildman–Crippen LogP) is 5.56. The van der Waals surface area contributed by atoms with Crippen LogP contribution in [0.25, 0.3) is 0 Å². The van der Waals surface area contributed by atoms with Crippen molar-refractivity contribution >= 4 is 23.7 Å². The van der Waals surface area contributed by atoms with Crippen molar-refractivity contribution in [3.05, 3.63) is 64.5 Å². The van der Waals surface area contributed by atoms with Crippen LogP contribution in [0.3, 0.4) is 0 Å². The fourth-order valence-electron chi connectivity index (χ4n) is 9.96. The molecule has 59 heavy (non-hydrogen) atoms. The fraction of sp³-hybridized carbons (Fsp3) is 0.628. The quantitative estimate of drug-likeness (QED) is 0.0940. The number of carbonyl (C=O) groups is 4. The molecule has 4 aliphatic heterocycles. The first kappa shape index (κ1) is 41.6. The van der Waals surface area contributed by atoms with Gasteiger partial charge in [-0.2, -0.15) is 8.78 Å². The van der Waals surface area contributed by atoms with E-state index < -0.39 is 64.7 Å². The number of nitrogens with one attached hydrogen (secondary N) is 2. The van der Waals surface area contributed by atoms with E-state index in [4.69, 9.17) is 4.74 Å². The Morgan fingerprint density at radius 2 is 1.46 bits per heavy atom. The number of ether oxygens (including phenoxy) is 2. The summed E-state index contributed by atoms with van der Waals surface area (Å²) in [5, 5.41) is 6.12. The number of rotatable bonds is 12. The van der Waals surface area contributed by atoms with Crippen molar-refractivity contribution in [2.24, 2.45) is 11.8 Å². The Morgan fingerprint density at radius 1 is 0.780 bits per heavy atom. The molecule has 320 valence electrons. The maximum absolute atomic E-state index is 14.3. The molecule has 2 aliphatic carbocycles. The van der Waals surface area contributed by atoms with E-state index in [0.717, 1.165) is 69.9 Å². The minimum absolute atomic E-state index is 0.0417. The summed E-state index contributed by atoms with van der Waals surface area (Å²) in [4.78, 5) is 59.5. The van der Waals surface area contributed by atoms with E-state index in [0.29, 0.717) is 70.5 Å². The third-order valence-corrected chi connectivity index (χ3v) is 13.5. The highest BCUT2D eigenvalue weighted by molar-refractivity contribution is 5.98. The second kappa shape index (κ2) is 17.1. The largest absolute Gasteiger partial charge is 0.419 e. The standard InChI is InChI=1S/C43H52F5N5O6/c44-32-33(45)35(47)38(36(48)34(32)46)58-31(54)23-49-43-15-13-42(59-43,14-16-43)25-51-18-20-52(21-19-51)41(57)37(26-6-2-1-3-7-26)50-39(55)29-9-4-8-28(22-29)30-10-5-17-53(24-30)40(56)27-11-12-27/h4,8-9,22,26-27,30,37,49H,1-3,5-7,10-21,23-25H2,(H,50,55)/t30?,37-,42?,43?/m1/s1. The maximum atomic E-state index is 14.3. The lowest BCUT2D eigenvalue weighted by molar-refractivity contribution is -0.139. The number of halogens is 5. The highest BCUT2D eigenvalue weighted by atomic mass is 19.2. The highest BCUT2D eigenvalue weighted by Crippen LogP contribution is 2.50. The lowest BCUT2D eigenvalue weighted by Gasteiger charge is -2.41. The minimum Gasteiger partial charge on any atom is -0.419 e. The van der Waals surface area contributed by atoms with Gasteiger partial charge in [0.15, 0.2) is 0 Å². The predicted molar refractivity (Wildman–Crippen MR) is 203 cm³/mol. The number of piperazine rings is 1. The molecule has 2 aromatic carbocycles. The Balaban J connectivity index is 0.842. The zero-order chi connectivity index (χ0) is 41.5. The molecule has 0 aromatic heterocycles. The first-order valence-electron chi connectivity index (χ1n) is 21.2. The second-order valence-corrected chi connectivity index (χ2v) is 17.5. The van der Waals surface area contributed by atoms with Gasteiger partial charge in [-0.25, -0.2) is 13.2 Å². The van der Waals surface area contributed by atoms with Gasteiger partial charge >= 0.3 is 5.97 Å². The summed E-state index contributed by atoms with van der Waals surface area (Å²) in [5.74, 6) is -13.8. The lowest BCUT2D eigenvalue weighted by atomic mass is 9.83. The molecule has 2 bridgehead atoms. The van der Waals surface area contributed by atoms with Crippen molar-refractivity contribution < 1.29 is 50.6 Å². The fourth-order valence-corrected chi connectivity index (χ4v) is 9.96. The third-order valence-electron chi connectivity index (χ3n) is 13.5. The van der Waals surface area contributed by atoms with Crippen LogP contribution in [0.2, 0.25) is 0 Å². The zero-order valence-corrected chi connectivity index (χ0v) is 33.1. The average Bonchev–Trinajstić information content (AvgIpc) is 3.98. The number of likely N-dealkylation sites (tertiary alicyclic amines) is 1. The van der Waals surface area contributed by atoms with E-state index in [2.05, 4.69) is 20.3 Å². The number of carbonyl (C=O) groups excluding carboxylic acids is 4. The topological polar surface area (TPSA) is 121 Å². The minimum atomic E-state index is -2.34. The van der Waals surface area contributed by atoms with Crippen LogP contribution in [0.1, 0.15) is 105 Å². The summed E-state index contributed by atoms with van der Waals surface area (Å²) in [6, 6.07) is 7.00. The summed E-state index contributed by atoms with van der Waals surface area (Å²) in [7, 11) is 0. The molecule has 3 amide bonds. The lowest BCUT2D eigenvalue weighted by Crippen LogP contribution is -2.58. The van der Waals surface area contributed by atoms with Crippen molar-refractivity contribution in [2.45, 2.75) is 107 Å². The molecule has 6 aliphatic rings. The number of piperidine rings is 1. The Bertz CT molecular complexity index is 1910. The third kappa shape index (κ3) is 8.86. The van der Waals surface area contributed by atoms with Gasteiger partial charge in [0.2, 0.25) is 46.6 Å². The molecular formula is C43H52F5N5O6. The molecule has 2 N–H and O–H groups in total. The average molecular weight is 830 g/mol. The van der Waals surface area contributed by atoms with Gasteiger partial charge in [-0.1, -0.05) is 31.4 Å². The molecule has 2 atom stereocenters. The number of nitrogens with zero attached hydrogens (tertiary/aromatic N) is 3. The summed E-state index contributed by atoms with van der Waals surface area (Å²) in [6.07, 6.45) is 11.1. The van der Waals surface area contributed by atoms with E-state index in [9.17, 15) is 41.1 Å². The van der Waals surface area contributed by atoms with Gasteiger partial charge in [0.1, 0.15) is 11.8 Å². The zero-order valence-electron chi connectivity index (χ0n) is 33.1. The monoisotopic (exact) mass is 829 g/mol. The van der Waals surface area contributed by atoms with Crippen LogP contribution in [-0.4, -0.2) is 108 Å². The van der Waals surface area contributed by atoms with Gasteiger partial charge in [-0.15, -0.1) is 0 Å². The van der Waals surface area contributed by atoms with Crippen LogP contribution < -0.4 is 15.4 Å². The molecule has 6 fully saturated rings. The highest BCUT2D eigenvalue weighted by Gasteiger charge is 2.56. The number of benzene rings is 2. The van der Waals surface area contributed by atoms with Crippen LogP contribution in [-0.2, 0) is 19.1 Å². The van der Waals surface area contributed by atoms with Crippen LogP contribution in [0.4, 0.5) is 22.0 Å². The molecule has 8 rings (SSSR count). The van der Waals surface area contributed by atoms with Crippen molar-refractivity contribution in [1.82, 2.24) is 25.3 Å². The number of hydrogen-bond donors (Lipinski definition) is 2. The van der Waals surface area contributed by atoms with E-state index in [1.165, 1.54) is 0 Å². The van der Waals surface area contributed by atoms with Gasteiger partial charge < -0.3 is 24.6 Å². The molecule has 1 unspecified atom stereocenters. The van der Waals surface area contributed by atoms with Crippen LogP contribution >= 0.6 is 0 Å². The summed E-state index contributed by atoms with van der Waals surface area (Å²) < 4.78 is 79.7. The van der Waals surface area contributed by atoms with Crippen molar-refractivity contribution in [3.8, 4) is 5.75 Å². The Labute approximate surface area is 340 Å². The van der Waals surface area contributed by atoms with Gasteiger partial charge in [-0.3, -0.25) is 29.4 Å². The molecule has 2 aromatic rings.